The van der Waals surface area contributed by atoms with Crippen LogP contribution in [0.2, 0.25) is 0 Å². The van der Waals surface area contributed by atoms with Gasteiger partial charge in [-0.2, -0.15) is 0 Å². The van der Waals surface area contributed by atoms with Crippen molar-refractivity contribution >= 4 is 11.8 Å². The average Bonchev–Trinajstić information content (AvgIpc) is 2.29. The van der Waals surface area contributed by atoms with E-state index in [1.807, 2.05) is 30.3 Å². The van der Waals surface area contributed by atoms with Crippen molar-refractivity contribution in [3.63, 3.8) is 0 Å². The summed E-state index contributed by atoms with van der Waals surface area (Å²) in [6.07, 6.45) is 0.418. The normalized spacial score (nSPS) is 10.3. The Labute approximate surface area is 102 Å². The van der Waals surface area contributed by atoms with Crippen molar-refractivity contribution in [2.45, 2.75) is 26.3 Å². The van der Waals surface area contributed by atoms with Crippen LogP contribution in [0.4, 0.5) is 10.5 Å². The van der Waals surface area contributed by atoms with E-state index in [2.05, 4.69) is 24.5 Å². The first-order valence-corrected chi connectivity index (χ1v) is 5.90. The molecule has 0 radical (unpaired) electrons. The quantitative estimate of drug-likeness (QED) is 0.746. The first-order valence-electron chi connectivity index (χ1n) is 5.90. The summed E-state index contributed by atoms with van der Waals surface area (Å²) in [7, 11) is 0. The third-order valence-corrected chi connectivity index (χ3v) is 2.13. The van der Waals surface area contributed by atoms with E-state index in [-0.39, 0.29) is 0 Å². The zero-order valence-electron chi connectivity index (χ0n) is 10.4. The maximum absolute atomic E-state index is 11.4. The molecule has 1 aromatic carbocycles. The van der Waals surface area contributed by atoms with Crippen molar-refractivity contribution in [2.75, 3.05) is 18.5 Å². The van der Waals surface area contributed by atoms with Gasteiger partial charge in [-0.3, -0.25) is 5.32 Å². The van der Waals surface area contributed by atoms with Crippen molar-refractivity contribution in [1.82, 2.24) is 5.32 Å². The topological polar surface area (TPSA) is 50.4 Å². The van der Waals surface area contributed by atoms with Gasteiger partial charge >= 0.3 is 6.09 Å². The standard InChI is InChI=1S/C13H20N2O2/c1-11(2)14-9-6-10-17-13(16)15-12-7-4-3-5-8-12/h3-5,7-8,11,14H,6,9-10H2,1-2H3,(H,15,16). The number of anilines is 1. The molecule has 0 fully saturated rings. The van der Waals surface area contributed by atoms with E-state index in [0.717, 1.165) is 18.7 Å². The molecule has 17 heavy (non-hydrogen) atoms. The Kier molecular flexibility index (Phi) is 6.10. The molecule has 0 aliphatic rings. The number of rotatable bonds is 6. The summed E-state index contributed by atoms with van der Waals surface area (Å²) in [5, 5.41) is 5.92. The summed E-state index contributed by atoms with van der Waals surface area (Å²) in [6.45, 7) is 5.46. The molecule has 0 saturated carbocycles. The molecule has 0 unspecified atom stereocenters. The molecular formula is C13H20N2O2. The molecule has 0 aliphatic heterocycles. The second kappa shape index (κ2) is 7.68. The number of carbonyl (C=O) groups excluding carboxylic acids is 1. The van der Waals surface area contributed by atoms with Crippen LogP contribution in [0.1, 0.15) is 20.3 Å². The van der Waals surface area contributed by atoms with Crippen LogP contribution in [0.15, 0.2) is 30.3 Å². The van der Waals surface area contributed by atoms with E-state index >= 15 is 0 Å². The zero-order valence-corrected chi connectivity index (χ0v) is 10.4. The predicted molar refractivity (Wildman–Crippen MR) is 69.2 cm³/mol. The smallest absolute Gasteiger partial charge is 0.411 e. The third-order valence-electron chi connectivity index (χ3n) is 2.13. The van der Waals surface area contributed by atoms with E-state index in [1.54, 1.807) is 0 Å². The van der Waals surface area contributed by atoms with Gasteiger partial charge < -0.3 is 10.1 Å². The van der Waals surface area contributed by atoms with Crippen molar-refractivity contribution in [2.24, 2.45) is 0 Å². The van der Waals surface area contributed by atoms with Crippen molar-refractivity contribution < 1.29 is 9.53 Å². The number of para-hydroxylation sites is 1. The highest BCUT2D eigenvalue weighted by atomic mass is 16.5. The van der Waals surface area contributed by atoms with Crippen LogP contribution < -0.4 is 10.6 Å². The van der Waals surface area contributed by atoms with Gasteiger partial charge in [-0.25, -0.2) is 4.79 Å². The Morgan fingerprint density at radius 2 is 2.00 bits per heavy atom. The first kappa shape index (κ1) is 13.5. The molecule has 1 rings (SSSR count). The number of ether oxygens (including phenoxy) is 1. The Hall–Kier alpha value is -1.55. The minimum absolute atomic E-state index is 0.402. The molecule has 1 amide bonds. The second-order valence-electron chi connectivity index (χ2n) is 4.09. The van der Waals surface area contributed by atoms with E-state index < -0.39 is 6.09 Å². The maximum atomic E-state index is 11.4. The third kappa shape index (κ3) is 6.58. The minimum atomic E-state index is -0.402. The monoisotopic (exact) mass is 236 g/mol. The van der Waals surface area contributed by atoms with Gasteiger partial charge in [-0.05, 0) is 25.1 Å². The Bertz CT molecular complexity index is 325. The van der Waals surface area contributed by atoms with Crippen LogP contribution in [0.3, 0.4) is 0 Å². The summed E-state index contributed by atoms with van der Waals surface area (Å²) in [5.74, 6) is 0. The average molecular weight is 236 g/mol. The number of hydrogen-bond acceptors (Lipinski definition) is 3. The molecule has 0 aromatic heterocycles. The SMILES string of the molecule is CC(C)NCCCOC(=O)Nc1ccccc1. The molecule has 1 aromatic rings. The fourth-order valence-electron chi connectivity index (χ4n) is 1.30. The fraction of sp³-hybridized carbons (Fsp3) is 0.462. The number of benzene rings is 1. The number of amides is 1. The summed E-state index contributed by atoms with van der Waals surface area (Å²) in [4.78, 5) is 11.4. The molecule has 0 bridgehead atoms. The molecule has 0 saturated heterocycles. The van der Waals surface area contributed by atoms with Gasteiger partial charge in [-0.1, -0.05) is 32.0 Å². The highest BCUT2D eigenvalue weighted by molar-refractivity contribution is 5.84. The van der Waals surface area contributed by atoms with Crippen molar-refractivity contribution in [3.8, 4) is 0 Å². The molecule has 2 N–H and O–H groups in total. The van der Waals surface area contributed by atoms with Crippen LogP contribution in [-0.2, 0) is 4.74 Å². The molecule has 0 aliphatic carbocycles. The lowest BCUT2D eigenvalue weighted by Gasteiger charge is -2.09. The molecule has 0 spiro atoms. The highest BCUT2D eigenvalue weighted by Gasteiger charge is 2.01. The second-order valence-corrected chi connectivity index (χ2v) is 4.09. The number of carbonyl (C=O) groups is 1. The molecule has 0 heterocycles. The van der Waals surface area contributed by atoms with E-state index in [4.69, 9.17) is 4.74 Å². The number of hydrogen-bond donors (Lipinski definition) is 2. The first-order chi connectivity index (χ1) is 8.18. The van der Waals surface area contributed by atoms with Gasteiger partial charge in [0, 0.05) is 11.7 Å². The van der Waals surface area contributed by atoms with Crippen LogP contribution >= 0.6 is 0 Å². The van der Waals surface area contributed by atoms with Gasteiger partial charge in [0.15, 0.2) is 0 Å². The lowest BCUT2D eigenvalue weighted by Crippen LogP contribution is -2.25. The molecule has 4 heteroatoms. The van der Waals surface area contributed by atoms with Gasteiger partial charge in [0.05, 0.1) is 6.61 Å². The lowest BCUT2D eigenvalue weighted by atomic mass is 10.3. The minimum Gasteiger partial charge on any atom is -0.449 e. The summed E-state index contributed by atoms with van der Waals surface area (Å²) in [6, 6.07) is 9.73. The largest absolute Gasteiger partial charge is 0.449 e. The Morgan fingerprint density at radius 1 is 1.29 bits per heavy atom. The van der Waals surface area contributed by atoms with Crippen LogP contribution in [0.5, 0.6) is 0 Å². The summed E-state index contributed by atoms with van der Waals surface area (Å²) < 4.78 is 5.04. The van der Waals surface area contributed by atoms with E-state index in [0.29, 0.717) is 12.6 Å². The fourth-order valence-corrected chi connectivity index (χ4v) is 1.30. The van der Waals surface area contributed by atoms with Gasteiger partial charge in [-0.15, -0.1) is 0 Å². The predicted octanol–water partition coefficient (Wildman–Crippen LogP) is 2.62. The van der Waals surface area contributed by atoms with Crippen molar-refractivity contribution in [3.05, 3.63) is 30.3 Å². The molecular weight excluding hydrogens is 216 g/mol. The van der Waals surface area contributed by atoms with Crippen LogP contribution in [0, 0.1) is 0 Å². The number of nitrogens with one attached hydrogen (secondary N) is 2. The van der Waals surface area contributed by atoms with Crippen LogP contribution in [-0.4, -0.2) is 25.3 Å². The summed E-state index contributed by atoms with van der Waals surface area (Å²) in [5.41, 5.74) is 0.748. The maximum Gasteiger partial charge on any atom is 0.411 e. The zero-order chi connectivity index (χ0) is 12.5. The van der Waals surface area contributed by atoms with Crippen LogP contribution in [0.25, 0.3) is 0 Å². The highest BCUT2D eigenvalue weighted by Crippen LogP contribution is 2.05. The van der Waals surface area contributed by atoms with E-state index in [9.17, 15) is 4.79 Å². The van der Waals surface area contributed by atoms with Crippen molar-refractivity contribution in [1.29, 1.82) is 0 Å². The van der Waals surface area contributed by atoms with Gasteiger partial charge in [0.25, 0.3) is 0 Å². The Morgan fingerprint density at radius 3 is 2.65 bits per heavy atom. The Balaban J connectivity index is 2.10. The molecule has 4 nitrogen and oxygen atoms in total. The molecule has 0 atom stereocenters. The van der Waals surface area contributed by atoms with Gasteiger partial charge in [0.2, 0.25) is 0 Å². The lowest BCUT2D eigenvalue weighted by molar-refractivity contribution is 0.160. The van der Waals surface area contributed by atoms with E-state index in [1.165, 1.54) is 0 Å². The summed E-state index contributed by atoms with van der Waals surface area (Å²) >= 11 is 0. The molecule has 94 valence electrons. The van der Waals surface area contributed by atoms with Gasteiger partial charge in [0.1, 0.15) is 0 Å².